The lowest BCUT2D eigenvalue weighted by Gasteiger charge is -2.24. The SMILES string of the molecule is CCCCCCCCCCC(CC1CCCCC1)C(=O)O. The maximum Gasteiger partial charge on any atom is 0.306 e. The van der Waals surface area contributed by atoms with Gasteiger partial charge in [-0.15, -0.1) is 0 Å². The van der Waals surface area contributed by atoms with E-state index in [1.54, 1.807) is 0 Å². The number of rotatable bonds is 12. The van der Waals surface area contributed by atoms with Gasteiger partial charge in [-0.2, -0.15) is 0 Å². The van der Waals surface area contributed by atoms with E-state index in [4.69, 9.17) is 0 Å². The van der Waals surface area contributed by atoms with Crippen molar-refractivity contribution in [2.75, 3.05) is 0 Å². The molecule has 0 aromatic heterocycles. The molecule has 0 amide bonds. The molecule has 0 heterocycles. The summed E-state index contributed by atoms with van der Waals surface area (Å²) in [4.78, 5) is 11.4. The fourth-order valence-electron chi connectivity index (χ4n) is 3.69. The lowest BCUT2D eigenvalue weighted by atomic mass is 9.81. The van der Waals surface area contributed by atoms with Crippen LogP contribution in [-0.4, -0.2) is 11.1 Å². The number of carboxylic acid groups (broad SMARTS) is 1. The highest BCUT2D eigenvalue weighted by Crippen LogP contribution is 2.31. The molecule has 1 rings (SSSR count). The number of hydrogen-bond donors (Lipinski definition) is 1. The summed E-state index contributed by atoms with van der Waals surface area (Å²) in [6.45, 7) is 2.25. The largest absolute Gasteiger partial charge is 0.481 e. The zero-order valence-corrected chi connectivity index (χ0v) is 14.1. The number of unbranched alkanes of at least 4 members (excludes halogenated alkanes) is 7. The van der Waals surface area contributed by atoms with E-state index in [2.05, 4.69) is 6.92 Å². The number of carboxylic acids is 1. The Bertz CT molecular complexity index is 256. The van der Waals surface area contributed by atoms with Gasteiger partial charge in [0.15, 0.2) is 0 Å². The van der Waals surface area contributed by atoms with Crippen molar-refractivity contribution in [3.8, 4) is 0 Å². The fraction of sp³-hybridized carbons (Fsp3) is 0.947. The average molecular weight is 296 g/mol. The molecule has 1 aliphatic carbocycles. The summed E-state index contributed by atoms with van der Waals surface area (Å²) < 4.78 is 0. The molecule has 0 radical (unpaired) electrons. The molecule has 0 aromatic rings. The Kier molecular flexibility index (Phi) is 10.6. The topological polar surface area (TPSA) is 37.3 Å². The standard InChI is InChI=1S/C19H36O2/c1-2-3-4-5-6-7-8-12-15-18(19(20)21)16-17-13-10-9-11-14-17/h17-18H,2-16H2,1H3,(H,20,21). The molecule has 0 aliphatic heterocycles. The highest BCUT2D eigenvalue weighted by atomic mass is 16.4. The number of hydrogen-bond acceptors (Lipinski definition) is 1. The average Bonchev–Trinajstić information content (AvgIpc) is 2.49. The van der Waals surface area contributed by atoms with Gasteiger partial charge in [-0.05, 0) is 18.8 Å². The molecule has 0 spiro atoms. The predicted octanol–water partition coefficient (Wildman–Crippen LogP) is 6.19. The van der Waals surface area contributed by atoms with Crippen molar-refractivity contribution in [2.24, 2.45) is 11.8 Å². The fourth-order valence-corrected chi connectivity index (χ4v) is 3.69. The third-order valence-electron chi connectivity index (χ3n) is 5.10. The van der Waals surface area contributed by atoms with Gasteiger partial charge in [-0.25, -0.2) is 0 Å². The van der Waals surface area contributed by atoms with Crippen LogP contribution in [0, 0.1) is 11.8 Å². The monoisotopic (exact) mass is 296 g/mol. The van der Waals surface area contributed by atoms with Gasteiger partial charge in [0.25, 0.3) is 0 Å². The van der Waals surface area contributed by atoms with E-state index in [1.165, 1.54) is 77.0 Å². The molecule has 1 unspecified atom stereocenters. The van der Waals surface area contributed by atoms with Gasteiger partial charge >= 0.3 is 5.97 Å². The zero-order chi connectivity index (χ0) is 15.3. The summed E-state index contributed by atoms with van der Waals surface area (Å²) in [6, 6.07) is 0. The maximum absolute atomic E-state index is 11.4. The van der Waals surface area contributed by atoms with Crippen molar-refractivity contribution in [3.63, 3.8) is 0 Å². The van der Waals surface area contributed by atoms with E-state index in [0.717, 1.165) is 19.3 Å². The van der Waals surface area contributed by atoms with E-state index in [1.807, 2.05) is 0 Å². The summed E-state index contributed by atoms with van der Waals surface area (Å²) in [6.07, 6.45) is 18.7. The Morgan fingerprint density at radius 2 is 1.52 bits per heavy atom. The van der Waals surface area contributed by atoms with Gasteiger partial charge in [-0.3, -0.25) is 4.79 Å². The van der Waals surface area contributed by atoms with Gasteiger partial charge in [0.2, 0.25) is 0 Å². The smallest absolute Gasteiger partial charge is 0.306 e. The van der Waals surface area contributed by atoms with Crippen molar-refractivity contribution in [1.82, 2.24) is 0 Å². The van der Waals surface area contributed by atoms with Crippen LogP contribution in [0.15, 0.2) is 0 Å². The van der Waals surface area contributed by atoms with Gasteiger partial charge < -0.3 is 5.11 Å². The number of aliphatic carboxylic acids is 1. The van der Waals surface area contributed by atoms with Crippen LogP contribution in [0.1, 0.15) is 103 Å². The van der Waals surface area contributed by atoms with Crippen LogP contribution in [0.5, 0.6) is 0 Å². The molecule has 1 aliphatic rings. The summed E-state index contributed by atoms with van der Waals surface area (Å²) >= 11 is 0. The lowest BCUT2D eigenvalue weighted by molar-refractivity contribution is -0.142. The van der Waals surface area contributed by atoms with E-state index in [-0.39, 0.29) is 5.92 Å². The van der Waals surface area contributed by atoms with Crippen LogP contribution in [0.25, 0.3) is 0 Å². The minimum Gasteiger partial charge on any atom is -0.481 e. The normalized spacial score (nSPS) is 17.8. The summed E-state index contributed by atoms with van der Waals surface area (Å²) in [5.74, 6) is 0.0607. The van der Waals surface area contributed by atoms with Crippen LogP contribution in [0.3, 0.4) is 0 Å². The highest BCUT2D eigenvalue weighted by Gasteiger charge is 2.23. The maximum atomic E-state index is 11.4. The van der Waals surface area contributed by atoms with Crippen LogP contribution in [-0.2, 0) is 4.79 Å². The van der Waals surface area contributed by atoms with Crippen molar-refractivity contribution >= 4 is 5.97 Å². The van der Waals surface area contributed by atoms with Gasteiger partial charge in [0.05, 0.1) is 5.92 Å². The first kappa shape index (κ1) is 18.5. The Hall–Kier alpha value is -0.530. The zero-order valence-electron chi connectivity index (χ0n) is 14.1. The van der Waals surface area contributed by atoms with E-state index < -0.39 is 5.97 Å². The van der Waals surface area contributed by atoms with Crippen molar-refractivity contribution in [1.29, 1.82) is 0 Å². The third kappa shape index (κ3) is 9.16. The van der Waals surface area contributed by atoms with Crippen molar-refractivity contribution in [2.45, 2.75) is 103 Å². The summed E-state index contributed by atoms with van der Waals surface area (Å²) in [5, 5.41) is 9.40. The molecule has 2 nitrogen and oxygen atoms in total. The second kappa shape index (κ2) is 12.1. The first-order valence-electron chi connectivity index (χ1n) is 9.46. The van der Waals surface area contributed by atoms with Crippen molar-refractivity contribution < 1.29 is 9.90 Å². The molecule has 124 valence electrons. The Balaban J connectivity index is 2.06. The Morgan fingerprint density at radius 1 is 0.952 bits per heavy atom. The molecule has 0 bridgehead atoms. The number of carbonyl (C=O) groups is 1. The molecular formula is C19H36O2. The first-order chi connectivity index (χ1) is 10.2. The minimum absolute atomic E-state index is 0.0757. The second-order valence-electron chi connectivity index (χ2n) is 7.04. The molecule has 1 atom stereocenters. The van der Waals surface area contributed by atoms with Crippen LogP contribution < -0.4 is 0 Å². The van der Waals surface area contributed by atoms with E-state index in [9.17, 15) is 9.90 Å². The quantitative estimate of drug-likeness (QED) is 0.436. The molecule has 1 N–H and O–H groups in total. The first-order valence-corrected chi connectivity index (χ1v) is 9.46. The highest BCUT2D eigenvalue weighted by molar-refractivity contribution is 5.69. The van der Waals surface area contributed by atoms with Crippen LogP contribution in [0.4, 0.5) is 0 Å². The van der Waals surface area contributed by atoms with Gasteiger partial charge in [-0.1, -0.05) is 90.4 Å². The van der Waals surface area contributed by atoms with Gasteiger partial charge in [0, 0.05) is 0 Å². The van der Waals surface area contributed by atoms with Crippen LogP contribution in [0.2, 0.25) is 0 Å². The molecule has 0 saturated heterocycles. The predicted molar refractivity (Wildman–Crippen MR) is 89.5 cm³/mol. The molecule has 21 heavy (non-hydrogen) atoms. The summed E-state index contributed by atoms with van der Waals surface area (Å²) in [5.41, 5.74) is 0. The second-order valence-corrected chi connectivity index (χ2v) is 7.04. The van der Waals surface area contributed by atoms with Crippen molar-refractivity contribution in [3.05, 3.63) is 0 Å². The summed E-state index contributed by atoms with van der Waals surface area (Å²) in [7, 11) is 0. The van der Waals surface area contributed by atoms with Crippen LogP contribution >= 0.6 is 0 Å². The van der Waals surface area contributed by atoms with E-state index in [0.29, 0.717) is 5.92 Å². The van der Waals surface area contributed by atoms with E-state index >= 15 is 0 Å². The minimum atomic E-state index is -0.552. The molecule has 1 fully saturated rings. The Labute approximate surface area is 131 Å². The molecule has 0 aromatic carbocycles. The lowest BCUT2D eigenvalue weighted by Crippen LogP contribution is -2.19. The van der Waals surface area contributed by atoms with Gasteiger partial charge in [0.1, 0.15) is 0 Å². The third-order valence-corrected chi connectivity index (χ3v) is 5.10. The molecule has 2 heteroatoms. The molecular weight excluding hydrogens is 260 g/mol. The molecule has 1 saturated carbocycles. The Morgan fingerprint density at radius 3 is 2.10 bits per heavy atom.